The number of carbonyl (C=O) groups is 1. The van der Waals surface area contributed by atoms with Gasteiger partial charge in [0.1, 0.15) is 0 Å². The van der Waals surface area contributed by atoms with Gasteiger partial charge in [-0.2, -0.15) is 0 Å². The van der Waals surface area contributed by atoms with Gasteiger partial charge in [0, 0.05) is 16.2 Å². The lowest BCUT2D eigenvalue weighted by Crippen LogP contribution is -2.34. The van der Waals surface area contributed by atoms with Crippen LogP contribution in [-0.4, -0.2) is 12.5 Å². The number of carbonyl (C=O) groups excluding carboxylic acids is 1. The van der Waals surface area contributed by atoms with Crippen molar-refractivity contribution in [2.75, 3.05) is 5.32 Å². The largest absolute Gasteiger partial charge is 0.382 e. The quantitative estimate of drug-likeness (QED) is 0.838. The van der Waals surface area contributed by atoms with Gasteiger partial charge in [0.25, 0.3) is 0 Å². The van der Waals surface area contributed by atoms with E-state index >= 15 is 0 Å². The maximum atomic E-state index is 10.7. The first-order valence-corrected chi connectivity index (χ1v) is 6.79. The maximum Gasteiger partial charge on any atom is 0.207 e. The molecule has 0 fully saturated rings. The summed E-state index contributed by atoms with van der Waals surface area (Å²) < 4.78 is 1.05. The summed E-state index contributed by atoms with van der Waals surface area (Å²) in [5.74, 6) is 0. The molecule has 0 bridgehead atoms. The molecule has 92 valence electrons. The summed E-state index contributed by atoms with van der Waals surface area (Å²) in [6, 6.07) is 6.74. The van der Waals surface area contributed by atoms with Crippen LogP contribution in [0, 0.1) is 0 Å². The van der Waals surface area contributed by atoms with E-state index in [0.717, 1.165) is 35.8 Å². The zero-order chi connectivity index (χ0) is 12.3. The standard InChI is InChI=1S/C13H17BrN2O/c1-2-3-10-7-13(15-8-17)11-6-9(14)4-5-12(11)16-10/h4-6,8,10,13,16H,2-3,7H2,1H3,(H,15,17). The molecular formula is C13H17BrN2O. The lowest BCUT2D eigenvalue weighted by atomic mass is 9.91. The average molecular weight is 297 g/mol. The van der Waals surface area contributed by atoms with Crippen LogP contribution in [0.2, 0.25) is 0 Å². The van der Waals surface area contributed by atoms with Gasteiger partial charge in [-0.05, 0) is 36.6 Å². The molecule has 1 aliphatic rings. The Morgan fingerprint density at radius 2 is 2.41 bits per heavy atom. The predicted molar refractivity (Wildman–Crippen MR) is 73.0 cm³/mol. The van der Waals surface area contributed by atoms with E-state index in [0.29, 0.717) is 6.04 Å². The number of hydrogen-bond donors (Lipinski definition) is 2. The Labute approximate surface area is 110 Å². The second-order valence-corrected chi connectivity index (χ2v) is 5.35. The Morgan fingerprint density at radius 3 is 3.12 bits per heavy atom. The smallest absolute Gasteiger partial charge is 0.207 e. The summed E-state index contributed by atoms with van der Waals surface area (Å²) >= 11 is 3.47. The molecule has 0 aromatic heterocycles. The Hall–Kier alpha value is -1.03. The second-order valence-electron chi connectivity index (χ2n) is 4.43. The topological polar surface area (TPSA) is 41.1 Å². The number of nitrogens with one attached hydrogen (secondary N) is 2. The zero-order valence-electron chi connectivity index (χ0n) is 9.87. The van der Waals surface area contributed by atoms with Crippen molar-refractivity contribution in [3.8, 4) is 0 Å². The number of fused-ring (bicyclic) bond motifs is 1. The number of anilines is 1. The summed E-state index contributed by atoms with van der Waals surface area (Å²) in [6.07, 6.45) is 4.03. The van der Waals surface area contributed by atoms with Gasteiger partial charge in [0.2, 0.25) is 6.41 Å². The van der Waals surface area contributed by atoms with Crippen molar-refractivity contribution < 1.29 is 4.79 Å². The van der Waals surface area contributed by atoms with Crippen LogP contribution in [0.15, 0.2) is 22.7 Å². The predicted octanol–water partition coefficient (Wildman–Crippen LogP) is 3.22. The third kappa shape index (κ3) is 2.80. The van der Waals surface area contributed by atoms with Gasteiger partial charge in [0.15, 0.2) is 0 Å². The van der Waals surface area contributed by atoms with Gasteiger partial charge in [-0.25, -0.2) is 0 Å². The Bertz CT molecular complexity index is 408. The molecule has 0 saturated carbocycles. The molecule has 17 heavy (non-hydrogen) atoms. The second kappa shape index (κ2) is 5.54. The van der Waals surface area contributed by atoms with Gasteiger partial charge in [-0.15, -0.1) is 0 Å². The molecule has 1 amide bonds. The number of halogens is 1. The molecule has 0 aliphatic carbocycles. The zero-order valence-corrected chi connectivity index (χ0v) is 11.5. The molecule has 2 atom stereocenters. The SMILES string of the molecule is CCCC1CC(NC=O)c2cc(Br)ccc2N1. The van der Waals surface area contributed by atoms with E-state index in [1.807, 2.05) is 6.07 Å². The Kier molecular flexibility index (Phi) is 4.05. The molecular weight excluding hydrogens is 280 g/mol. The van der Waals surface area contributed by atoms with Gasteiger partial charge < -0.3 is 10.6 Å². The highest BCUT2D eigenvalue weighted by Gasteiger charge is 2.25. The molecule has 0 saturated heterocycles. The molecule has 3 nitrogen and oxygen atoms in total. The first-order valence-electron chi connectivity index (χ1n) is 6.00. The number of benzene rings is 1. The van der Waals surface area contributed by atoms with Crippen LogP contribution in [-0.2, 0) is 4.79 Å². The molecule has 2 N–H and O–H groups in total. The van der Waals surface area contributed by atoms with E-state index in [1.54, 1.807) is 0 Å². The van der Waals surface area contributed by atoms with Gasteiger partial charge in [-0.3, -0.25) is 4.79 Å². The van der Waals surface area contributed by atoms with Crippen molar-refractivity contribution in [2.24, 2.45) is 0 Å². The van der Waals surface area contributed by atoms with Crippen molar-refractivity contribution in [3.63, 3.8) is 0 Å². The van der Waals surface area contributed by atoms with E-state index in [2.05, 4.69) is 45.6 Å². The van der Waals surface area contributed by atoms with E-state index < -0.39 is 0 Å². The van der Waals surface area contributed by atoms with Gasteiger partial charge in [-0.1, -0.05) is 29.3 Å². The molecule has 1 aromatic rings. The van der Waals surface area contributed by atoms with E-state index in [1.165, 1.54) is 5.56 Å². The first kappa shape index (κ1) is 12.4. The molecule has 1 aliphatic heterocycles. The van der Waals surface area contributed by atoms with Crippen LogP contribution < -0.4 is 10.6 Å². The van der Waals surface area contributed by atoms with Crippen molar-refractivity contribution in [3.05, 3.63) is 28.2 Å². The third-order valence-electron chi connectivity index (χ3n) is 3.18. The molecule has 2 unspecified atom stereocenters. The minimum absolute atomic E-state index is 0.123. The molecule has 0 spiro atoms. The van der Waals surface area contributed by atoms with Crippen LogP contribution in [0.25, 0.3) is 0 Å². The van der Waals surface area contributed by atoms with Crippen LogP contribution in [0.4, 0.5) is 5.69 Å². The molecule has 1 heterocycles. The molecule has 4 heteroatoms. The summed E-state index contributed by atoms with van der Waals surface area (Å²) in [4.78, 5) is 10.7. The number of hydrogen-bond acceptors (Lipinski definition) is 2. The van der Waals surface area contributed by atoms with Crippen LogP contribution in [0.1, 0.15) is 37.8 Å². The molecule has 1 aromatic carbocycles. The summed E-state index contributed by atoms with van der Waals surface area (Å²) in [5.41, 5.74) is 2.30. The van der Waals surface area contributed by atoms with E-state index in [-0.39, 0.29) is 6.04 Å². The fourth-order valence-electron chi connectivity index (χ4n) is 2.42. The fourth-order valence-corrected chi connectivity index (χ4v) is 2.80. The highest BCUT2D eigenvalue weighted by atomic mass is 79.9. The lowest BCUT2D eigenvalue weighted by molar-refractivity contribution is -0.110. The van der Waals surface area contributed by atoms with E-state index in [9.17, 15) is 4.79 Å². The van der Waals surface area contributed by atoms with Crippen molar-refractivity contribution in [1.82, 2.24) is 5.32 Å². The highest BCUT2D eigenvalue weighted by molar-refractivity contribution is 9.10. The van der Waals surface area contributed by atoms with Gasteiger partial charge in [0.05, 0.1) is 6.04 Å². The van der Waals surface area contributed by atoms with Crippen LogP contribution >= 0.6 is 15.9 Å². The monoisotopic (exact) mass is 296 g/mol. The van der Waals surface area contributed by atoms with Crippen molar-refractivity contribution >= 4 is 28.0 Å². The first-order chi connectivity index (χ1) is 8.24. The summed E-state index contributed by atoms with van der Waals surface area (Å²) in [5, 5.41) is 6.45. The average Bonchev–Trinajstić information content (AvgIpc) is 2.31. The van der Waals surface area contributed by atoms with Crippen LogP contribution in [0.3, 0.4) is 0 Å². The number of rotatable bonds is 4. The molecule has 0 radical (unpaired) electrons. The maximum absolute atomic E-state index is 10.7. The van der Waals surface area contributed by atoms with E-state index in [4.69, 9.17) is 0 Å². The fraction of sp³-hybridized carbons (Fsp3) is 0.462. The van der Waals surface area contributed by atoms with Crippen LogP contribution in [0.5, 0.6) is 0 Å². The molecule has 2 rings (SSSR count). The Balaban J connectivity index is 2.27. The van der Waals surface area contributed by atoms with Crippen molar-refractivity contribution in [1.29, 1.82) is 0 Å². The highest BCUT2D eigenvalue weighted by Crippen LogP contribution is 2.35. The Morgan fingerprint density at radius 1 is 1.59 bits per heavy atom. The summed E-state index contributed by atoms with van der Waals surface area (Å²) in [7, 11) is 0. The van der Waals surface area contributed by atoms with Crippen molar-refractivity contribution in [2.45, 2.75) is 38.3 Å². The minimum atomic E-state index is 0.123. The normalized spacial score (nSPS) is 22.5. The minimum Gasteiger partial charge on any atom is -0.382 e. The summed E-state index contributed by atoms with van der Waals surface area (Å²) in [6.45, 7) is 2.18. The van der Waals surface area contributed by atoms with Gasteiger partial charge >= 0.3 is 0 Å². The lowest BCUT2D eigenvalue weighted by Gasteiger charge is -2.33. The third-order valence-corrected chi connectivity index (χ3v) is 3.67. The number of amides is 1.